The van der Waals surface area contributed by atoms with E-state index in [1.54, 1.807) is 0 Å². The zero-order chi connectivity index (χ0) is 15.0. The predicted molar refractivity (Wildman–Crippen MR) is 95.8 cm³/mol. The number of halogens is 2. The van der Waals surface area contributed by atoms with Crippen molar-refractivity contribution < 1.29 is 4.79 Å². The van der Waals surface area contributed by atoms with Gasteiger partial charge in [0.1, 0.15) is 9.88 Å². The zero-order valence-electron chi connectivity index (χ0n) is 12.3. The smallest absolute Gasteiger partial charge is 0.265 e. The molecule has 0 aromatic carbocycles. The Morgan fingerprint density at radius 3 is 2.86 bits per heavy atom. The summed E-state index contributed by atoms with van der Waals surface area (Å²) in [6.07, 6.45) is 0. The predicted octanol–water partition coefficient (Wildman–Crippen LogP) is 3.69. The molecule has 0 saturated carbocycles. The van der Waals surface area contributed by atoms with Crippen LogP contribution in [0.4, 0.5) is 0 Å². The molecule has 0 radical (unpaired) electrons. The average Bonchev–Trinajstić information content (AvgIpc) is 3.04. The van der Waals surface area contributed by atoms with E-state index in [4.69, 9.17) is 11.6 Å². The molecule has 1 amide bonds. The van der Waals surface area contributed by atoms with Crippen LogP contribution in [0, 0.1) is 6.92 Å². The van der Waals surface area contributed by atoms with Gasteiger partial charge in [-0.3, -0.25) is 4.79 Å². The number of amides is 1. The molecule has 120 valence electrons. The van der Waals surface area contributed by atoms with Crippen LogP contribution >= 0.6 is 46.7 Å². The lowest BCUT2D eigenvalue weighted by molar-refractivity contribution is 0.0713. The van der Waals surface area contributed by atoms with Crippen LogP contribution in [-0.4, -0.2) is 41.5 Å². The van der Waals surface area contributed by atoms with Crippen molar-refractivity contribution in [1.29, 1.82) is 0 Å². The van der Waals surface area contributed by atoms with E-state index in [9.17, 15) is 4.79 Å². The summed E-state index contributed by atoms with van der Waals surface area (Å²) in [7, 11) is 0. The Morgan fingerprint density at radius 2 is 2.23 bits per heavy atom. The first-order chi connectivity index (χ1) is 10.0. The summed E-state index contributed by atoms with van der Waals surface area (Å²) >= 11 is 8.92. The molecule has 8 heteroatoms. The van der Waals surface area contributed by atoms with Crippen molar-refractivity contribution in [2.45, 2.75) is 19.9 Å². The maximum absolute atomic E-state index is 12.7. The topological polar surface area (TPSA) is 45.2 Å². The second-order valence-electron chi connectivity index (χ2n) is 5.14. The standard InChI is InChI=1S/C14H16ClN3OS2.ClH/c1-8-7-18(6-5-16-8)14(19)12-9(2)17-13(21-12)10-3-4-11(15)20-10;/h3-4,8,16H,5-7H2,1-2H3;1H. The molecule has 1 atom stereocenters. The monoisotopic (exact) mass is 377 g/mol. The largest absolute Gasteiger partial charge is 0.335 e. The van der Waals surface area contributed by atoms with Crippen molar-refractivity contribution in [3.8, 4) is 9.88 Å². The van der Waals surface area contributed by atoms with Crippen molar-refractivity contribution in [2.75, 3.05) is 19.6 Å². The number of nitrogens with one attached hydrogen (secondary N) is 1. The van der Waals surface area contributed by atoms with E-state index in [1.807, 2.05) is 24.0 Å². The van der Waals surface area contributed by atoms with Gasteiger partial charge in [0.25, 0.3) is 5.91 Å². The van der Waals surface area contributed by atoms with Crippen LogP contribution < -0.4 is 5.32 Å². The molecule has 4 nitrogen and oxygen atoms in total. The highest BCUT2D eigenvalue weighted by atomic mass is 35.5. The highest BCUT2D eigenvalue weighted by Gasteiger charge is 2.25. The van der Waals surface area contributed by atoms with E-state index < -0.39 is 0 Å². The number of aryl methyl sites for hydroxylation is 1. The average molecular weight is 378 g/mol. The Labute approximate surface area is 148 Å². The minimum Gasteiger partial charge on any atom is -0.335 e. The van der Waals surface area contributed by atoms with E-state index in [0.29, 0.717) is 6.04 Å². The number of hydrogen-bond donors (Lipinski definition) is 1. The number of nitrogens with zero attached hydrogens (tertiary/aromatic N) is 2. The third-order valence-corrected chi connectivity index (χ3v) is 5.98. The van der Waals surface area contributed by atoms with Crippen LogP contribution in [0.3, 0.4) is 0 Å². The fraction of sp³-hybridized carbons (Fsp3) is 0.429. The Bertz CT molecular complexity index is 671. The van der Waals surface area contributed by atoms with Gasteiger partial charge in [0.2, 0.25) is 0 Å². The molecule has 1 aliphatic heterocycles. The molecule has 1 aliphatic rings. The van der Waals surface area contributed by atoms with E-state index in [1.165, 1.54) is 22.7 Å². The number of rotatable bonds is 2. The number of aromatic nitrogens is 1. The number of piperazine rings is 1. The lowest BCUT2D eigenvalue weighted by Gasteiger charge is -2.31. The summed E-state index contributed by atoms with van der Waals surface area (Å²) in [6.45, 7) is 6.33. The quantitative estimate of drug-likeness (QED) is 0.867. The van der Waals surface area contributed by atoms with Gasteiger partial charge in [-0.2, -0.15) is 0 Å². The van der Waals surface area contributed by atoms with Crippen molar-refractivity contribution in [3.63, 3.8) is 0 Å². The fourth-order valence-corrected chi connectivity index (χ4v) is 4.52. The third kappa shape index (κ3) is 3.63. The summed E-state index contributed by atoms with van der Waals surface area (Å²) in [5.74, 6) is 0.0900. The molecule has 0 spiro atoms. The van der Waals surface area contributed by atoms with Crippen molar-refractivity contribution >= 4 is 52.6 Å². The SMILES string of the molecule is Cc1nc(-c2ccc(Cl)s2)sc1C(=O)N1CCNC(C)C1.Cl. The van der Waals surface area contributed by atoms with Crippen molar-refractivity contribution in [1.82, 2.24) is 15.2 Å². The fourth-order valence-electron chi connectivity index (χ4n) is 2.39. The molecule has 0 aliphatic carbocycles. The van der Waals surface area contributed by atoms with Crippen molar-refractivity contribution in [3.05, 3.63) is 27.0 Å². The molecular formula is C14H17Cl2N3OS2. The molecule has 2 aromatic heterocycles. The molecule has 1 unspecified atom stereocenters. The molecule has 2 aromatic rings. The van der Waals surface area contributed by atoms with E-state index >= 15 is 0 Å². The first-order valence-electron chi connectivity index (χ1n) is 6.80. The number of thiazole rings is 1. The lowest BCUT2D eigenvalue weighted by atomic mass is 10.2. The summed E-state index contributed by atoms with van der Waals surface area (Å²) in [5.41, 5.74) is 0.802. The van der Waals surface area contributed by atoms with Gasteiger partial charge >= 0.3 is 0 Å². The first-order valence-corrected chi connectivity index (χ1v) is 8.81. The number of thiophene rings is 1. The van der Waals surface area contributed by atoms with Gasteiger partial charge in [-0.1, -0.05) is 11.6 Å². The molecule has 1 fully saturated rings. The summed E-state index contributed by atoms with van der Waals surface area (Å²) in [6, 6.07) is 4.15. The van der Waals surface area contributed by atoms with Crippen molar-refractivity contribution in [2.24, 2.45) is 0 Å². The maximum atomic E-state index is 12.7. The van der Waals surface area contributed by atoms with Crippen LogP contribution in [0.2, 0.25) is 4.34 Å². The molecule has 1 N–H and O–H groups in total. The Kier molecular flexibility index (Phi) is 5.85. The first kappa shape index (κ1) is 17.7. The highest BCUT2D eigenvalue weighted by molar-refractivity contribution is 7.24. The second kappa shape index (κ2) is 7.27. The molecule has 1 saturated heterocycles. The molecule has 22 heavy (non-hydrogen) atoms. The Hall–Kier alpha value is -0.660. The van der Waals surface area contributed by atoms with Crippen LogP contribution in [0.5, 0.6) is 0 Å². The van der Waals surface area contributed by atoms with Gasteiger partial charge in [0, 0.05) is 25.7 Å². The van der Waals surface area contributed by atoms with Crippen LogP contribution in [0.1, 0.15) is 22.3 Å². The molecule has 3 heterocycles. The summed E-state index contributed by atoms with van der Waals surface area (Å²) in [4.78, 5) is 20.9. The Morgan fingerprint density at radius 1 is 1.45 bits per heavy atom. The molecule has 0 bridgehead atoms. The number of carbonyl (C=O) groups excluding carboxylic acids is 1. The summed E-state index contributed by atoms with van der Waals surface area (Å²) < 4.78 is 0.738. The van der Waals surface area contributed by atoms with Crippen LogP contribution in [0.25, 0.3) is 9.88 Å². The third-order valence-electron chi connectivity index (χ3n) is 3.43. The maximum Gasteiger partial charge on any atom is 0.265 e. The van der Waals surface area contributed by atoms with Gasteiger partial charge in [-0.15, -0.1) is 35.1 Å². The number of carbonyl (C=O) groups is 1. The molecular weight excluding hydrogens is 361 g/mol. The van der Waals surface area contributed by atoms with Gasteiger partial charge in [-0.25, -0.2) is 4.98 Å². The second-order valence-corrected chi connectivity index (χ2v) is 7.86. The minimum atomic E-state index is 0. The van der Waals surface area contributed by atoms with Gasteiger partial charge in [-0.05, 0) is 26.0 Å². The van der Waals surface area contributed by atoms with Crippen LogP contribution in [0.15, 0.2) is 12.1 Å². The highest BCUT2D eigenvalue weighted by Crippen LogP contribution is 2.35. The molecule has 3 rings (SSSR count). The van der Waals surface area contributed by atoms with E-state index in [0.717, 1.165) is 44.4 Å². The van der Waals surface area contributed by atoms with E-state index in [2.05, 4.69) is 17.2 Å². The van der Waals surface area contributed by atoms with Crippen LogP contribution in [-0.2, 0) is 0 Å². The normalized spacial score (nSPS) is 18.1. The van der Waals surface area contributed by atoms with Gasteiger partial charge < -0.3 is 10.2 Å². The Balaban J connectivity index is 0.00000176. The van der Waals surface area contributed by atoms with Gasteiger partial charge in [0.15, 0.2) is 0 Å². The van der Waals surface area contributed by atoms with Gasteiger partial charge in [0.05, 0.1) is 14.9 Å². The minimum absolute atomic E-state index is 0. The number of hydrogen-bond acceptors (Lipinski definition) is 5. The lowest BCUT2D eigenvalue weighted by Crippen LogP contribution is -2.51. The zero-order valence-corrected chi connectivity index (χ0v) is 15.5. The van der Waals surface area contributed by atoms with E-state index in [-0.39, 0.29) is 18.3 Å². The summed E-state index contributed by atoms with van der Waals surface area (Å²) in [5, 5.41) is 4.22.